The monoisotopic (exact) mass is 805 g/mol. The highest BCUT2D eigenvalue weighted by Crippen LogP contribution is 2.43. The van der Waals surface area contributed by atoms with Gasteiger partial charge in [0.05, 0.1) is 19.8 Å². The van der Waals surface area contributed by atoms with E-state index in [1.54, 1.807) is 0 Å². The summed E-state index contributed by atoms with van der Waals surface area (Å²) >= 11 is 0. The molecule has 0 spiro atoms. The minimum Gasteiger partial charge on any atom is -0.462 e. The number of esters is 2. The van der Waals surface area contributed by atoms with E-state index in [0.29, 0.717) is 12.8 Å². The molecule has 10 nitrogen and oxygen atoms in total. The van der Waals surface area contributed by atoms with Gasteiger partial charge in [0.25, 0.3) is 0 Å². The maximum absolute atomic E-state index is 12.6. The van der Waals surface area contributed by atoms with Crippen molar-refractivity contribution in [2.45, 2.75) is 232 Å². The maximum atomic E-state index is 12.6. The van der Waals surface area contributed by atoms with Gasteiger partial charge in [0, 0.05) is 12.8 Å². The van der Waals surface area contributed by atoms with Crippen molar-refractivity contribution in [2.75, 3.05) is 26.4 Å². The standard InChI is InChI=1S/C44H85O10P/c1-3-5-7-9-11-13-15-17-19-20-22-23-25-27-29-31-33-35-43(47)51-39-42(40-53-55(49,50)52-38-41(46)37-45)54-44(48)36-34-32-30-28-26-24-21-18-16-14-12-10-8-6-4-2/h14,16,41-42,45-46H,3-13,15,17-40H2,1-2H3,(H,49,50)/b16-14+/t41-,42+/m0/s1. The number of ether oxygens (including phenoxy) is 2. The fraction of sp³-hybridized carbons (Fsp3) is 0.909. The van der Waals surface area contributed by atoms with Gasteiger partial charge in [0.15, 0.2) is 6.10 Å². The minimum absolute atomic E-state index is 0.183. The van der Waals surface area contributed by atoms with Gasteiger partial charge < -0.3 is 24.6 Å². The summed E-state index contributed by atoms with van der Waals surface area (Å²) in [7, 11) is -4.61. The molecule has 0 aromatic carbocycles. The molecule has 0 fully saturated rings. The van der Waals surface area contributed by atoms with Crippen LogP contribution in [0.3, 0.4) is 0 Å². The topological polar surface area (TPSA) is 149 Å². The lowest BCUT2D eigenvalue weighted by Crippen LogP contribution is -2.29. The minimum atomic E-state index is -4.61. The van der Waals surface area contributed by atoms with E-state index in [0.717, 1.165) is 44.9 Å². The number of allylic oxidation sites excluding steroid dienone is 2. The summed E-state index contributed by atoms with van der Waals surface area (Å²) in [6.07, 6.45) is 38.9. The Hall–Kier alpha value is -1.29. The number of phosphoric acid groups is 1. The molecule has 0 saturated heterocycles. The molecule has 0 aromatic rings. The number of hydrogen-bond acceptors (Lipinski definition) is 9. The summed E-state index contributed by atoms with van der Waals surface area (Å²) in [4.78, 5) is 35.0. The van der Waals surface area contributed by atoms with Gasteiger partial charge in [0.1, 0.15) is 12.7 Å². The summed E-state index contributed by atoms with van der Waals surface area (Å²) in [5.41, 5.74) is 0. The predicted octanol–water partition coefficient (Wildman–Crippen LogP) is 12.0. The zero-order valence-electron chi connectivity index (χ0n) is 35.4. The molecule has 3 atom stereocenters. The van der Waals surface area contributed by atoms with Crippen LogP contribution >= 0.6 is 7.82 Å². The molecule has 0 aliphatic carbocycles. The van der Waals surface area contributed by atoms with Crippen LogP contribution in [0.25, 0.3) is 0 Å². The van der Waals surface area contributed by atoms with Crippen molar-refractivity contribution in [1.82, 2.24) is 0 Å². The predicted molar refractivity (Wildman–Crippen MR) is 224 cm³/mol. The van der Waals surface area contributed by atoms with Crippen LogP contribution in [-0.4, -0.2) is 65.7 Å². The molecular formula is C44H85O10P. The Morgan fingerprint density at radius 1 is 0.527 bits per heavy atom. The Morgan fingerprint density at radius 2 is 0.891 bits per heavy atom. The number of carbonyl (C=O) groups excluding carboxylic acids is 2. The maximum Gasteiger partial charge on any atom is 0.472 e. The van der Waals surface area contributed by atoms with Crippen LogP contribution in [0.5, 0.6) is 0 Å². The quantitative estimate of drug-likeness (QED) is 0.0235. The zero-order chi connectivity index (χ0) is 40.5. The van der Waals surface area contributed by atoms with E-state index < -0.39 is 51.8 Å². The van der Waals surface area contributed by atoms with Crippen LogP contribution in [0.4, 0.5) is 0 Å². The summed E-state index contributed by atoms with van der Waals surface area (Å²) < 4.78 is 32.7. The summed E-state index contributed by atoms with van der Waals surface area (Å²) in [5, 5.41) is 18.3. The Bertz CT molecular complexity index is 930. The van der Waals surface area contributed by atoms with Gasteiger partial charge in [-0.2, -0.15) is 0 Å². The molecule has 0 bridgehead atoms. The molecule has 0 aliphatic rings. The fourth-order valence-electron chi connectivity index (χ4n) is 6.40. The van der Waals surface area contributed by atoms with E-state index in [1.807, 2.05) is 0 Å². The van der Waals surface area contributed by atoms with E-state index in [9.17, 15) is 24.2 Å². The van der Waals surface area contributed by atoms with Crippen molar-refractivity contribution in [3.8, 4) is 0 Å². The smallest absolute Gasteiger partial charge is 0.462 e. The molecule has 0 saturated carbocycles. The molecular weight excluding hydrogens is 719 g/mol. The van der Waals surface area contributed by atoms with E-state index >= 15 is 0 Å². The van der Waals surface area contributed by atoms with Gasteiger partial charge in [0.2, 0.25) is 0 Å². The van der Waals surface area contributed by atoms with Crippen molar-refractivity contribution in [3.63, 3.8) is 0 Å². The van der Waals surface area contributed by atoms with E-state index in [4.69, 9.17) is 23.6 Å². The van der Waals surface area contributed by atoms with Crippen LogP contribution < -0.4 is 0 Å². The highest BCUT2D eigenvalue weighted by atomic mass is 31.2. The number of phosphoric ester groups is 1. The van der Waals surface area contributed by atoms with Crippen molar-refractivity contribution >= 4 is 19.8 Å². The normalized spacial score (nSPS) is 13.9. The number of hydrogen-bond donors (Lipinski definition) is 3. The third-order valence-electron chi connectivity index (χ3n) is 9.92. The largest absolute Gasteiger partial charge is 0.472 e. The first-order valence-electron chi connectivity index (χ1n) is 22.6. The van der Waals surface area contributed by atoms with E-state index in [1.165, 1.54) is 135 Å². The zero-order valence-corrected chi connectivity index (χ0v) is 36.3. The molecule has 326 valence electrons. The second kappa shape index (κ2) is 40.9. The summed E-state index contributed by atoms with van der Waals surface area (Å²) in [6.45, 7) is 2.40. The SMILES string of the molecule is CCCCCC/C=C/CCCCCCCCCC(=O)O[C@H](COC(=O)CCCCCCCCCCCCCCCCCCC)COP(=O)(O)OC[C@@H](O)CO. The Balaban J connectivity index is 4.23. The van der Waals surface area contributed by atoms with Gasteiger partial charge >= 0.3 is 19.8 Å². The van der Waals surface area contributed by atoms with E-state index in [-0.39, 0.29) is 19.4 Å². The average Bonchev–Trinajstić information content (AvgIpc) is 3.17. The number of unbranched alkanes of at least 4 members (excludes halogenated alkanes) is 27. The Morgan fingerprint density at radius 3 is 1.33 bits per heavy atom. The molecule has 55 heavy (non-hydrogen) atoms. The first kappa shape index (κ1) is 53.7. The molecule has 1 unspecified atom stereocenters. The Kier molecular flexibility index (Phi) is 39.9. The van der Waals surface area contributed by atoms with Crippen molar-refractivity contribution in [3.05, 3.63) is 12.2 Å². The van der Waals surface area contributed by atoms with Crippen molar-refractivity contribution in [1.29, 1.82) is 0 Å². The van der Waals surface area contributed by atoms with Crippen molar-refractivity contribution in [2.24, 2.45) is 0 Å². The highest BCUT2D eigenvalue weighted by molar-refractivity contribution is 7.47. The number of aliphatic hydroxyl groups excluding tert-OH is 2. The second-order valence-corrected chi connectivity index (χ2v) is 16.9. The Labute approximate surface area is 336 Å². The molecule has 11 heteroatoms. The molecule has 0 aromatic heterocycles. The summed E-state index contributed by atoms with van der Waals surface area (Å²) in [6, 6.07) is 0. The van der Waals surface area contributed by atoms with E-state index in [2.05, 4.69) is 26.0 Å². The van der Waals surface area contributed by atoms with Gasteiger partial charge in [-0.1, -0.05) is 180 Å². The first-order valence-corrected chi connectivity index (χ1v) is 24.1. The van der Waals surface area contributed by atoms with Gasteiger partial charge in [-0.15, -0.1) is 0 Å². The fourth-order valence-corrected chi connectivity index (χ4v) is 7.19. The van der Waals surface area contributed by atoms with Crippen LogP contribution in [0.15, 0.2) is 12.2 Å². The third-order valence-corrected chi connectivity index (χ3v) is 10.9. The molecule has 0 rings (SSSR count). The number of carbonyl (C=O) groups is 2. The van der Waals surface area contributed by atoms with Crippen LogP contribution in [0.1, 0.15) is 219 Å². The molecule has 0 heterocycles. The summed E-state index contributed by atoms with van der Waals surface area (Å²) in [5.74, 6) is -0.918. The second-order valence-electron chi connectivity index (χ2n) is 15.4. The number of rotatable bonds is 43. The molecule has 3 N–H and O–H groups in total. The third kappa shape index (κ3) is 40.7. The molecule has 0 aliphatic heterocycles. The van der Waals surface area contributed by atoms with Gasteiger partial charge in [-0.3, -0.25) is 18.6 Å². The highest BCUT2D eigenvalue weighted by Gasteiger charge is 2.27. The first-order chi connectivity index (χ1) is 26.7. The lowest BCUT2D eigenvalue weighted by Gasteiger charge is -2.20. The lowest BCUT2D eigenvalue weighted by atomic mass is 10.0. The van der Waals surface area contributed by atoms with Crippen LogP contribution in [0.2, 0.25) is 0 Å². The molecule has 0 radical (unpaired) electrons. The van der Waals surface area contributed by atoms with Gasteiger partial charge in [-0.05, 0) is 38.5 Å². The lowest BCUT2D eigenvalue weighted by molar-refractivity contribution is -0.161. The molecule has 0 amide bonds. The number of aliphatic hydroxyl groups is 2. The van der Waals surface area contributed by atoms with Crippen LogP contribution in [0, 0.1) is 0 Å². The average molecular weight is 805 g/mol. The van der Waals surface area contributed by atoms with Crippen molar-refractivity contribution < 1.29 is 47.8 Å². The van der Waals surface area contributed by atoms with Gasteiger partial charge in [-0.25, -0.2) is 4.57 Å². The van der Waals surface area contributed by atoms with Crippen LogP contribution in [-0.2, 0) is 32.7 Å².